The Labute approximate surface area is 191 Å². The molecule has 12 heteroatoms. The third kappa shape index (κ3) is 5.09. The predicted octanol–water partition coefficient (Wildman–Crippen LogP) is 0.636. The Kier molecular flexibility index (Phi) is 7.35. The van der Waals surface area contributed by atoms with E-state index in [0.29, 0.717) is 52.4 Å². The summed E-state index contributed by atoms with van der Waals surface area (Å²) in [4.78, 5) is 23.0. The van der Waals surface area contributed by atoms with Crippen LogP contribution < -0.4 is 9.80 Å². The predicted molar refractivity (Wildman–Crippen MR) is 124 cm³/mol. The van der Waals surface area contributed by atoms with E-state index in [1.807, 2.05) is 4.90 Å². The van der Waals surface area contributed by atoms with Crippen LogP contribution in [0.2, 0.25) is 0 Å². The highest BCUT2D eigenvalue weighted by atomic mass is 32.2. The standard InChI is InChI=1S/C20H24N6O4S2/c27-9-5-26(6-10-28)20-23-17-16(18(24-20)25-7-11-32(30)12-8-25)21-13-22-19(17)31-15-3-1-14(29)2-4-15/h1-4,13,27-29H,5-12H2. The molecule has 0 atom stereocenters. The quantitative estimate of drug-likeness (QED) is 0.395. The highest BCUT2D eigenvalue weighted by Gasteiger charge is 2.24. The first-order chi connectivity index (χ1) is 15.6. The van der Waals surface area contributed by atoms with Crippen molar-refractivity contribution in [3.8, 4) is 5.75 Å². The summed E-state index contributed by atoms with van der Waals surface area (Å²) in [5, 5.41) is 29.2. The number of aromatic hydroxyl groups is 1. The second-order valence-electron chi connectivity index (χ2n) is 7.09. The average Bonchev–Trinajstić information content (AvgIpc) is 2.80. The first-order valence-corrected chi connectivity index (χ1v) is 12.5. The number of aromatic nitrogens is 4. The maximum atomic E-state index is 11.9. The van der Waals surface area contributed by atoms with E-state index in [1.165, 1.54) is 18.1 Å². The monoisotopic (exact) mass is 476 g/mol. The van der Waals surface area contributed by atoms with Crippen molar-refractivity contribution >= 4 is 45.4 Å². The van der Waals surface area contributed by atoms with Crippen LogP contribution in [0.25, 0.3) is 11.0 Å². The normalized spacial score (nSPS) is 14.8. The first kappa shape index (κ1) is 22.6. The Bertz CT molecular complexity index is 1090. The van der Waals surface area contributed by atoms with Gasteiger partial charge in [-0.2, -0.15) is 4.98 Å². The molecule has 3 heterocycles. The van der Waals surface area contributed by atoms with Crippen LogP contribution in [0.5, 0.6) is 5.75 Å². The zero-order valence-electron chi connectivity index (χ0n) is 17.3. The molecule has 0 spiro atoms. The molecule has 1 aromatic carbocycles. The number of phenols is 1. The molecule has 1 fully saturated rings. The Morgan fingerprint density at radius 3 is 2.34 bits per heavy atom. The zero-order valence-corrected chi connectivity index (χ0v) is 18.9. The number of fused-ring (bicyclic) bond motifs is 1. The van der Waals surface area contributed by atoms with Crippen molar-refractivity contribution in [1.82, 2.24) is 19.9 Å². The molecule has 0 unspecified atom stereocenters. The van der Waals surface area contributed by atoms with Gasteiger partial charge in [0.15, 0.2) is 5.82 Å². The van der Waals surface area contributed by atoms with E-state index in [9.17, 15) is 19.5 Å². The summed E-state index contributed by atoms with van der Waals surface area (Å²) in [5.41, 5.74) is 1.14. The molecule has 32 heavy (non-hydrogen) atoms. The fraction of sp³-hybridized carbons (Fsp3) is 0.400. The summed E-state index contributed by atoms with van der Waals surface area (Å²) in [6.07, 6.45) is 1.47. The second-order valence-corrected chi connectivity index (χ2v) is 9.85. The van der Waals surface area contributed by atoms with Crippen molar-refractivity contribution in [2.45, 2.75) is 9.92 Å². The Hall–Kier alpha value is -2.54. The van der Waals surface area contributed by atoms with Crippen LogP contribution in [0, 0.1) is 0 Å². The molecular weight excluding hydrogens is 452 g/mol. The first-order valence-electron chi connectivity index (χ1n) is 10.1. The van der Waals surface area contributed by atoms with Crippen molar-refractivity contribution in [3.63, 3.8) is 0 Å². The summed E-state index contributed by atoms with van der Waals surface area (Å²) >= 11 is 1.39. The van der Waals surface area contributed by atoms with Gasteiger partial charge in [0.1, 0.15) is 28.1 Å². The summed E-state index contributed by atoms with van der Waals surface area (Å²) < 4.78 is 11.9. The lowest BCUT2D eigenvalue weighted by atomic mass is 10.3. The van der Waals surface area contributed by atoms with E-state index in [1.54, 1.807) is 29.2 Å². The zero-order chi connectivity index (χ0) is 22.5. The van der Waals surface area contributed by atoms with Gasteiger partial charge in [-0.05, 0) is 24.3 Å². The van der Waals surface area contributed by atoms with Crippen LogP contribution in [0.1, 0.15) is 0 Å². The lowest BCUT2D eigenvalue weighted by Gasteiger charge is -2.29. The highest BCUT2D eigenvalue weighted by molar-refractivity contribution is 7.99. The Balaban J connectivity index is 1.82. The van der Waals surface area contributed by atoms with Crippen molar-refractivity contribution in [1.29, 1.82) is 0 Å². The molecule has 170 valence electrons. The third-order valence-electron chi connectivity index (χ3n) is 4.97. The molecule has 4 rings (SSSR count). The fourth-order valence-electron chi connectivity index (χ4n) is 3.37. The molecular formula is C20H24N6O4S2. The van der Waals surface area contributed by atoms with Crippen molar-refractivity contribution in [2.24, 2.45) is 0 Å². The third-order valence-corrected chi connectivity index (χ3v) is 7.25. The number of hydrogen-bond acceptors (Lipinski definition) is 11. The molecule has 10 nitrogen and oxygen atoms in total. The van der Waals surface area contributed by atoms with E-state index >= 15 is 0 Å². The van der Waals surface area contributed by atoms with Gasteiger partial charge >= 0.3 is 0 Å². The Morgan fingerprint density at radius 2 is 1.69 bits per heavy atom. The van der Waals surface area contributed by atoms with E-state index in [-0.39, 0.29) is 32.1 Å². The maximum Gasteiger partial charge on any atom is 0.228 e. The van der Waals surface area contributed by atoms with Crippen LogP contribution >= 0.6 is 11.8 Å². The van der Waals surface area contributed by atoms with Crippen molar-refractivity contribution in [3.05, 3.63) is 30.6 Å². The van der Waals surface area contributed by atoms with E-state index in [2.05, 4.69) is 9.97 Å². The molecule has 0 amide bonds. The topological polar surface area (TPSA) is 136 Å². The van der Waals surface area contributed by atoms with Crippen molar-refractivity contribution < 1.29 is 19.5 Å². The number of nitrogens with zero attached hydrogens (tertiary/aromatic N) is 6. The average molecular weight is 477 g/mol. The van der Waals surface area contributed by atoms with E-state index < -0.39 is 10.8 Å². The number of aliphatic hydroxyl groups is 2. The van der Waals surface area contributed by atoms with Gasteiger partial charge in [0, 0.05) is 53.4 Å². The summed E-state index contributed by atoms with van der Waals surface area (Å²) in [6, 6.07) is 6.80. The smallest absolute Gasteiger partial charge is 0.228 e. The van der Waals surface area contributed by atoms with E-state index in [0.717, 1.165) is 4.90 Å². The number of hydrogen-bond donors (Lipinski definition) is 3. The summed E-state index contributed by atoms with van der Waals surface area (Å²) in [6.45, 7) is 1.48. The minimum atomic E-state index is -0.840. The minimum absolute atomic E-state index is 0.111. The lowest BCUT2D eigenvalue weighted by Crippen LogP contribution is -2.39. The molecule has 3 aromatic rings. The molecule has 0 bridgehead atoms. The molecule has 2 aromatic heterocycles. The molecule has 0 saturated carbocycles. The number of anilines is 2. The van der Waals surface area contributed by atoms with Gasteiger partial charge in [0.2, 0.25) is 5.95 Å². The second kappa shape index (κ2) is 10.4. The SMILES string of the molecule is O=S1CCN(c2nc(N(CCO)CCO)nc3c(Sc4ccc(O)cc4)ncnc23)CC1. The molecule has 1 aliphatic heterocycles. The largest absolute Gasteiger partial charge is 0.508 e. The van der Waals surface area contributed by atoms with Crippen LogP contribution in [-0.2, 0) is 10.8 Å². The summed E-state index contributed by atoms with van der Waals surface area (Å²) in [7, 11) is -0.840. The Morgan fingerprint density at radius 1 is 1.00 bits per heavy atom. The van der Waals surface area contributed by atoms with Crippen LogP contribution in [0.3, 0.4) is 0 Å². The van der Waals surface area contributed by atoms with Crippen LogP contribution in [-0.4, -0.2) is 90.4 Å². The van der Waals surface area contributed by atoms with Gasteiger partial charge < -0.3 is 25.1 Å². The van der Waals surface area contributed by atoms with Crippen molar-refractivity contribution in [2.75, 3.05) is 60.7 Å². The lowest BCUT2D eigenvalue weighted by molar-refractivity contribution is 0.280. The van der Waals surface area contributed by atoms with Gasteiger partial charge in [0.05, 0.1) is 13.2 Å². The molecule has 0 aliphatic carbocycles. The number of rotatable bonds is 8. The van der Waals surface area contributed by atoms with Gasteiger partial charge in [-0.25, -0.2) is 15.0 Å². The van der Waals surface area contributed by atoms with Gasteiger partial charge in [-0.15, -0.1) is 0 Å². The number of aliphatic hydroxyl groups excluding tert-OH is 2. The molecule has 1 aliphatic rings. The molecule has 1 saturated heterocycles. The number of benzene rings is 1. The minimum Gasteiger partial charge on any atom is -0.508 e. The molecule has 0 radical (unpaired) electrons. The highest BCUT2D eigenvalue weighted by Crippen LogP contribution is 2.34. The molecule has 3 N–H and O–H groups in total. The van der Waals surface area contributed by atoms with E-state index in [4.69, 9.17) is 9.97 Å². The van der Waals surface area contributed by atoms with Crippen LogP contribution in [0.4, 0.5) is 11.8 Å². The van der Waals surface area contributed by atoms with Gasteiger partial charge in [0.25, 0.3) is 0 Å². The van der Waals surface area contributed by atoms with Gasteiger partial charge in [-0.3, -0.25) is 4.21 Å². The summed E-state index contributed by atoms with van der Waals surface area (Å²) in [5.74, 6) is 2.28. The number of phenolic OH excluding ortho intramolecular Hbond substituents is 1. The van der Waals surface area contributed by atoms with Crippen LogP contribution in [0.15, 0.2) is 40.5 Å². The fourth-order valence-corrected chi connectivity index (χ4v) is 5.25. The van der Waals surface area contributed by atoms with Gasteiger partial charge in [-0.1, -0.05) is 11.8 Å². The maximum absolute atomic E-state index is 11.9.